The molecule has 0 fully saturated rings. The van der Waals surface area contributed by atoms with Gasteiger partial charge in [-0.15, -0.1) is 10.6 Å². The summed E-state index contributed by atoms with van der Waals surface area (Å²) in [6.45, 7) is 8.24. The smallest absolute Gasteiger partial charge is 0.178 e. The minimum atomic E-state index is 0.230. The highest BCUT2D eigenvalue weighted by Gasteiger charge is 2.26. The maximum atomic E-state index is 6.59. The standard InChI is InChI=1S/C15H19ClN6/c1-9(2)21-15(18-19-20-21)12-8-17-22(14(12)16)13-10(3)6-5-7-11(13)4/h5-9,19-20H,1-4H3. The second-order valence-electron chi connectivity index (χ2n) is 5.62. The predicted octanol–water partition coefficient (Wildman–Crippen LogP) is 2.54. The zero-order valence-electron chi connectivity index (χ0n) is 13.1. The van der Waals surface area contributed by atoms with Gasteiger partial charge < -0.3 is 0 Å². The molecule has 0 aliphatic carbocycles. The van der Waals surface area contributed by atoms with Crippen molar-refractivity contribution >= 4 is 17.4 Å². The number of amidine groups is 1. The van der Waals surface area contributed by atoms with E-state index in [0.29, 0.717) is 5.15 Å². The van der Waals surface area contributed by atoms with Crippen LogP contribution in [0.3, 0.4) is 0 Å². The van der Waals surface area contributed by atoms with Crippen LogP contribution >= 0.6 is 11.6 Å². The lowest BCUT2D eigenvalue weighted by molar-refractivity contribution is 0.246. The van der Waals surface area contributed by atoms with E-state index in [1.807, 2.05) is 11.1 Å². The number of aromatic nitrogens is 2. The largest absolute Gasteiger partial charge is 0.268 e. The van der Waals surface area contributed by atoms with E-state index >= 15 is 0 Å². The normalized spacial score (nSPS) is 14.5. The summed E-state index contributed by atoms with van der Waals surface area (Å²) in [6.07, 6.45) is 1.75. The van der Waals surface area contributed by atoms with Crippen molar-refractivity contribution in [2.24, 2.45) is 5.10 Å². The lowest BCUT2D eigenvalue weighted by Gasteiger charge is -2.22. The van der Waals surface area contributed by atoms with Gasteiger partial charge in [-0.05, 0) is 38.8 Å². The molecule has 0 spiro atoms. The number of hydrogen-bond acceptors (Lipinski definition) is 5. The van der Waals surface area contributed by atoms with Crippen LogP contribution in [0.15, 0.2) is 29.5 Å². The van der Waals surface area contributed by atoms with E-state index in [-0.39, 0.29) is 6.04 Å². The molecule has 2 heterocycles. The number of hydrogen-bond donors (Lipinski definition) is 2. The third kappa shape index (κ3) is 2.34. The van der Waals surface area contributed by atoms with Crippen molar-refractivity contribution in [2.45, 2.75) is 33.7 Å². The highest BCUT2D eigenvalue weighted by molar-refractivity contribution is 6.33. The van der Waals surface area contributed by atoms with Crippen molar-refractivity contribution < 1.29 is 0 Å². The van der Waals surface area contributed by atoms with E-state index in [0.717, 1.165) is 28.2 Å². The van der Waals surface area contributed by atoms with Crippen LogP contribution in [0.4, 0.5) is 0 Å². The number of rotatable bonds is 3. The molecule has 0 atom stereocenters. The molecule has 7 heteroatoms. The van der Waals surface area contributed by atoms with Crippen LogP contribution in [0.1, 0.15) is 30.5 Å². The van der Waals surface area contributed by atoms with Crippen molar-refractivity contribution in [1.29, 1.82) is 0 Å². The average molecular weight is 319 g/mol. The van der Waals surface area contributed by atoms with Crippen LogP contribution in [-0.4, -0.2) is 26.7 Å². The van der Waals surface area contributed by atoms with Crippen LogP contribution in [-0.2, 0) is 0 Å². The van der Waals surface area contributed by atoms with Gasteiger partial charge in [0.1, 0.15) is 5.15 Å². The molecular formula is C15H19ClN6. The number of aryl methyl sites for hydroxylation is 2. The third-order valence-corrected chi connectivity index (χ3v) is 4.04. The Morgan fingerprint density at radius 3 is 2.50 bits per heavy atom. The zero-order chi connectivity index (χ0) is 15.9. The van der Waals surface area contributed by atoms with Gasteiger partial charge in [0, 0.05) is 6.04 Å². The van der Waals surface area contributed by atoms with Crippen LogP contribution in [0.25, 0.3) is 5.69 Å². The van der Waals surface area contributed by atoms with Crippen molar-refractivity contribution in [3.63, 3.8) is 0 Å². The quantitative estimate of drug-likeness (QED) is 0.913. The second-order valence-corrected chi connectivity index (χ2v) is 5.98. The van der Waals surface area contributed by atoms with Gasteiger partial charge in [0.05, 0.1) is 17.4 Å². The van der Waals surface area contributed by atoms with Crippen molar-refractivity contribution in [2.75, 3.05) is 0 Å². The van der Waals surface area contributed by atoms with Crippen molar-refractivity contribution in [3.8, 4) is 5.69 Å². The van der Waals surface area contributed by atoms with E-state index in [1.165, 1.54) is 0 Å². The number of para-hydroxylation sites is 1. The second kappa shape index (κ2) is 5.62. The summed E-state index contributed by atoms with van der Waals surface area (Å²) in [4.78, 5) is 0. The van der Waals surface area contributed by atoms with Gasteiger partial charge >= 0.3 is 0 Å². The first-order valence-electron chi connectivity index (χ1n) is 7.18. The first kappa shape index (κ1) is 14.9. The monoisotopic (exact) mass is 318 g/mol. The molecule has 1 aromatic carbocycles. The van der Waals surface area contributed by atoms with E-state index in [2.05, 4.69) is 61.1 Å². The fourth-order valence-corrected chi connectivity index (χ4v) is 2.84. The molecule has 1 aliphatic heterocycles. The summed E-state index contributed by atoms with van der Waals surface area (Å²) in [5.74, 6) is 0.734. The first-order chi connectivity index (χ1) is 10.5. The summed E-state index contributed by atoms with van der Waals surface area (Å²) in [7, 11) is 0. The Hall–Kier alpha value is -2.05. The molecule has 0 unspecified atom stereocenters. The van der Waals surface area contributed by atoms with Crippen LogP contribution in [0, 0.1) is 13.8 Å². The van der Waals surface area contributed by atoms with Gasteiger partial charge in [0.2, 0.25) is 0 Å². The van der Waals surface area contributed by atoms with Gasteiger partial charge in [-0.25, -0.2) is 10.2 Å². The van der Waals surface area contributed by atoms with Crippen molar-refractivity contribution in [3.05, 3.63) is 46.2 Å². The molecule has 1 aromatic heterocycles. The van der Waals surface area contributed by atoms with E-state index in [4.69, 9.17) is 11.6 Å². The molecule has 22 heavy (non-hydrogen) atoms. The number of hydrazine groups is 2. The lowest BCUT2D eigenvalue weighted by atomic mass is 10.1. The Bertz CT molecular complexity index is 713. The molecule has 0 saturated carbocycles. The van der Waals surface area contributed by atoms with E-state index < -0.39 is 0 Å². The maximum Gasteiger partial charge on any atom is 0.178 e. The molecule has 2 aromatic rings. The molecular weight excluding hydrogens is 300 g/mol. The first-order valence-corrected chi connectivity index (χ1v) is 7.56. The highest BCUT2D eigenvalue weighted by atomic mass is 35.5. The molecule has 0 bridgehead atoms. The molecule has 1 aliphatic rings. The minimum Gasteiger partial charge on any atom is -0.268 e. The maximum absolute atomic E-state index is 6.59. The molecule has 0 radical (unpaired) electrons. The summed E-state index contributed by atoms with van der Waals surface area (Å²) in [5.41, 5.74) is 9.81. The summed E-state index contributed by atoms with van der Waals surface area (Å²) >= 11 is 6.59. The van der Waals surface area contributed by atoms with E-state index in [1.54, 1.807) is 10.9 Å². The van der Waals surface area contributed by atoms with Gasteiger partial charge in [-0.1, -0.05) is 29.8 Å². The van der Waals surface area contributed by atoms with Crippen LogP contribution in [0.2, 0.25) is 5.15 Å². The summed E-state index contributed by atoms with van der Waals surface area (Å²) in [6, 6.07) is 6.36. The van der Waals surface area contributed by atoms with Crippen LogP contribution < -0.4 is 11.1 Å². The zero-order valence-corrected chi connectivity index (χ0v) is 13.8. The van der Waals surface area contributed by atoms with Gasteiger partial charge in [-0.3, -0.25) is 5.01 Å². The minimum absolute atomic E-state index is 0.230. The third-order valence-electron chi connectivity index (χ3n) is 3.68. The van der Waals surface area contributed by atoms with E-state index in [9.17, 15) is 0 Å². The lowest BCUT2D eigenvalue weighted by Crippen LogP contribution is -2.45. The Balaban J connectivity index is 2.07. The SMILES string of the molecule is Cc1cccc(C)c1-n1ncc(C2=NNNN2C(C)C)c1Cl. The summed E-state index contributed by atoms with van der Waals surface area (Å²) < 4.78 is 1.76. The molecule has 3 rings (SSSR count). The number of nitrogens with zero attached hydrogens (tertiary/aromatic N) is 4. The fraction of sp³-hybridized carbons (Fsp3) is 0.333. The predicted molar refractivity (Wildman–Crippen MR) is 87.8 cm³/mol. The fourth-order valence-electron chi connectivity index (χ4n) is 2.58. The molecule has 6 nitrogen and oxygen atoms in total. The summed E-state index contributed by atoms with van der Waals surface area (Å²) in [5, 5.41) is 11.2. The Morgan fingerprint density at radius 2 is 1.86 bits per heavy atom. The Labute approximate surface area is 134 Å². The van der Waals surface area contributed by atoms with Gasteiger partial charge in [0.25, 0.3) is 0 Å². The number of halogens is 1. The topological polar surface area (TPSA) is 57.5 Å². The number of benzene rings is 1. The molecule has 116 valence electrons. The Morgan fingerprint density at radius 1 is 1.18 bits per heavy atom. The van der Waals surface area contributed by atoms with Gasteiger partial charge in [0.15, 0.2) is 5.84 Å². The van der Waals surface area contributed by atoms with Crippen molar-refractivity contribution in [1.82, 2.24) is 25.9 Å². The molecule has 2 N–H and O–H groups in total. The Kier molecular flexibility index (Phi) is 3.80. The average Bonchev–Trinajstić information content (AvgIpc) is 3.06. The van der Waals surface area contributed by atoms with Gasteiger partial charge in [-0.2, -0.15) is 5.10 Å². The number of hydrazone groups is 1. The number of nitrogens with one attached hydrogen (secondary N) is 2. The highest BCUT2D eigenvalue weighted by Crippen LogP contribution is 2.26. The molecule has 0 amide bonds. The molecule has 0 saturated heterocycles. The van der Waals surface area contributed by atoms with Crippen LogP contribution in [0.5, 0.6) is 0 Å².